The summed E-state index contributed by atoms with van der Waals surface area (Å²) in [5.41, 5.74) is 7.21. The van der Waals surface area contributed by atoms with E-state index in [1.165, 1.54) is 0 Å². The molecule has 0 aliphatic carbocycles. The summed E-state index contributed by atoms with van der Waals surface area (Å²) in [4.78, 5) is 4.12. The molecule has 0 saturated heterocycles. The second kappa shape index (κ2) is 6.08. The molecule has 0 aliphatic heterocycles. The highest BCUT2D eigenvalue weighted by atomic mass is 19.4. The predicted octanol–water partition coefficient (Wildman–Crippen LogP) is 5.03. The SMILES string of the molecule is Nc1[nH]nc2nccc(-c3ccc(-c4cc(C(F)(F)F)ccc4F)cc3)c12. The van der Waals surface area contributed by atoms with Crippen LogP contribution in [0.1, 0.15) is 5.56 Å². The second-order valence-corrected chi connectivity index (χ2v) is 5.96. The smallest absolute Gasteiger partial charge is 0.383 e. The number of nitrogens with two attached hydrogens (primary N) is 1. The summed E-state index contributed by atoms with van der Waals surface area (Å²) >= 11 is 0. The Bertz CT molecular complexity index is 1130. The van der Waals surface area contributed by atoms with E-state index in [1.807, 2.05) is 0 Å². The maximum atomic E-state index is 14.1. The van der Waals surface area contributed by atoms with Crippen molar-refractivity contribution in [3.63, 3.8) is 0 Å². The fourth-order valence-electron chi connectivity index (χ4n) is 2.96. The minimum atomic E-state index is -4.54. The van der Waals surface area contributed by atoms with Crippen molar-refractivity contribution in [3.05, 3.63) is 66.1 Å². The van der Waals surface area contributed by atoms with Crippen LogP contribution in [0.5, 0.6) is 0 Å². The second-order valence-electron chi connectivity index (χ2n) is 5.96. The van der Waals surface area contributed by atoms with Gasteiger partial charge < -0.3 is 5.73 Å². The van der Waals surface area contributed by atoms with Gasteiger partial charge in [-0.2, -0.15) is 18.3 Å². The molecule has 0 spiro atoms. The van der Waals surface area contributed by atoms with E-state index in [1.54, 1.807) is 36.5 Å². The fraction of sp³-hybridized carbons (Fsp3) is 0.0526. The molecule has 0 amide bonds. The van der Waals surface area contributed by atoms with Gasteiger partial charge in [0, 0.05) is 11.8 Å². The van der Waals surface area contributed by atoms with Crippen LogP contribution in [-0.4, -0.2) is 15.2 Å². The quantitative estimate of drug-likeness (QED) is 0.485. The lowest BCUT2D eigenvalue weighted by atomic mass is 9.98. The van der Waals surface area contributed by atoms with Gasteiger partial charge in [-0.3, -0.25) is 5.10 Å². The third-order valence-corrected chi connectivity index (χ3v) is 4.28. The number of H-pyrrole nitrogens is 1. The Hall–Kier alpha value is -3.42. The number of nitrogens with one attached hydrogen (secondary N) is 1. The Labute approximate surface area is 150 Å². The predicted molar refractivity (Wildman–Crippen MR) is 94.1 cm³/mol. The monoisotopic (exact) mass is 372 g/mol. The van der Waals surface area contributed by atoms with Crippen LogP contribution in [0.4, 0.5) is 23.4 Å². The van der Waals surface area contributed by atoms with Crippen molar-refractivity contribution in [2.75, 3.05) is 5.73 Å². The standard InChI is InChI=1S/C19H12F4N4/c20-15-6-5-12(19(21,22)23)9-14(15)11-3-1-10(2-4-11)13-7-8-25-18-16(13)17(24)26-27-18/h1-9H,(H3,24,25,26,27). The normalized spacial score (nSPS) is 11.9. The Morgan fingerprint density at radius 3 is 2.22 bits per heavy atom. The van der Waals surface area contributed by atoms with Gasteiger partial charge in [0.1, 0.15) is 11.6 Å². The number of benzene rings is 2. The molecule has 2 aromatic carbocycles. The number of aromatic amines is 1. The van der Waals surface area contributed by atoms with E-state index >= 15 is 0 Å². The average molecular weight is 372 g/mol. The van der Waals surface area contributed by atoms with Gasteiger partial charge >= 0.3 is 6.18 Å². The summed E-state index contributed by atoms with van der Waals surface area (Å²) in [6, 6.07) is 10.6. The van der Waals surface area contributed by atoms with Gasteiger partial charge in [0.25, 0.3) is 0 Å². The summed E-state index contributed by atoms with van der Waals surface area (Å²) in [5, 5.41) is 7.31. The molecule has 0 fully saturated rings. The molecule has 4 aromatic rings. The Balaban J connectivity index is 1.78. The van der Waals surface area contributed by atoms with Crippen LogP contribution >= 0.6 is 0 Å². The molecule has 0 radical (unpaired) electrons. The summed E-state index contributed by atoms with van der Waals surface area (Å²) in [6.45, 7) is 0. The zero-order valence-electron chi connectivity index (χ0n) is 13.7. The minimum absolute atomic E-state index is 0.112. The molecule has 4 nitrogen and oxygen atoms in total. The zero-order valence-corrected chi connectivity index (χ0v) is 13.7. The Morgan fingerprint density at radius 2 is 1.56 bits per heavy atom. The first-order valence-electron chi connectivity index (χ1n) is 7.91. The van der Waals surface area contributed by atoms with Gasteiger partial charge in [0.05, 0.1) is 10.9 Å². The van der Waals surface area contributed by atoms with E-state index in [2.05, 4.69) is 15.2 Å². The molecule has 8 heteroatoms. The van der Waals surface area contributed by atoms with Crippen molar-refractivity contribution in [1.29, 1.82) is 0 Å². The zero-order chi connectivity index (χ0) is 19.2. The maximum absolute atomic E-state index is 14.1. The first kappa shape index (κ1) is 17.0. The van der Waals surface area contributed by atoms with E-state index in [0.29, 0.717) is 22.4 Å². The first-order valence-corrected chi connectivity index (χ1v) is 7.91. The third kappa shape index (κ3) is 2.99. The average Bonchev–Trinajstić information content (AvgIpc) is 3.03. The van der Waals surface area contributed by atoms with Crippen LogP contribution in [0, 0.1) is 5.82 Å². The molecule has 3 N–H and O–H groups in total. The van der Waals surface area contributed by atoms with E-state index in [9.17, 15) is 17.6 Å². The van der Waals surface area contributed by atoms with Gasteiger partial charge in [-0.05, 0) is 41.0 Å². The molecule has 2 aromatic heterocycles. The van der Waals surface area contributed by atoms with Crippen molar-refractivity contribution in [1.82, 2.24) is 15.2 Å². The molecule has 2 heterocycles. The van der Waals surface area contributed by atoms with Gasteiger partial charge in [0.2, 0.25) is 0 Å². The number of fused-ring (bicyclic) bond motifs is 1. The van der Waals surface area contributed by atoms with Crippen molar-refractivity contribution in [2.24, 2.45) is 0 Å². The molecular formula is C19H12F4N4. The summed E-state index contributed by atoms with van der Waals surface area (Å²) in [6.07, 6.45) is -2.96. The van der Waals surface area contributed by atoms with Crippen molar-refractivity contribution >= 4 is 16.9 Å². The topological polar surface area (TPSA) is 67.6 Å². The van der Waals surface area contributed by atoms with E-state index < -0.39 is 17.6 Å². The largest absolute Gasteiger partial charge is 0.416 e. The van der Waals surface area contributed by atoms with Gasteiger partial charge in [-0.25, -0.2) is 9.37 Å². The van der Waals surface area contributed by atoms with Crippen LogP contribution in [0.3, 0.4) is 0 Å². The molecule has 0 bridgehead atoms. The number of hydrogen-bond acceptors (Lipinski definition) is 3. The van der Waals surface area contributed by atoms with E-state index in [0.717, 1.165) is 29.3 Å². The summed E-state index contributed by atoms with van der Waals surface area (Å²) in [7, 11) is 0. The van der Waals surface area contributed by atoms with Gasteiger partial charge in [-0.1, -0.05) is 24.3 Å². The first-order chi connectivity index (χ1) is 12.8. The molecule has 0 unspecified atom stereocenters. The summed E-state index contributed by atoms with van der Waals surface area (Å²) in [5.74, 6) is -0.359. The molecular weight excluding hydrogens is 360 g/mol. The highest BCUT2D eigenvalue weighted by Crippen LogP contribution is 2.35. The maximum Gasteiger partial charge on any atom is 0.416 e. The number of hydrogen-bond donors (Lipinski definition) is 2. The lowest BCUT2D eigenvalue weighted by molar-refractivity contribution is -0.137. The lowest BCUT2D eigenvalue weighted by Gasteiger charge is -2.11. The van der Waals surface area contributed by atoms with Crippen LogP contribution in [0.25, 0.3) is 33.3 Å². The molecule has 0 saturated carbocycles. The molecule has 4 rings (SSSR count). The lowest BCUT2D eigenvalue weighted by Crippen LogP contribution is -2.05. The fourth-order valence-corrected chi connectivity index (χ4v) is 2.96. The third-order valence-electron chi connectivity index (χ3n) is 4.28. The van der Waals surface area contributed by atoms with E-state index in [-0.39, 0.29) is 5.56 Å². The molecule has 0 atom stereocenters. The highest BCUT2D eigenvalue weighted by molar-refractivity contribution is 5.99. The minimum Gasteiger partial charge on any atom is -0.383 e. The molecule has 0 aliphatic rings. The van der Waals surface area contributed by atoms with Crippen molar-refractivity contribution in [3.8, 4) is 22.3 Å². The Morgan fingerprint density at radius 1 is 0.889 bits per heavy atom. The molecule has 27 heavy (non-hydrogen) atoms. The number of nitrogen functional groups attached to an aromatic ring is 1. The number of anilines is 1. The van der Waals surface area contributed by atoms with Gasteiger partial charge in [-0.15, -0.1) is 0 Å². The number of rotatable bonds is 2. The van der Waals surface area contributed by atoms with Crippen LogP contribution in [0.15, 0.2) is 54.7 Å². The summed E-state index contributed by atoms with van der Waals surface area (Å²) < 4.78 is 52.8. The van der Waals surface area contributed by atoms with E-state index in [4.69, 9.17) is 5.73 Å². The highest BCUT2D eigenvalue weighted by Gasteiger charge is 2.31. The number of alkyl halides is 3. The van der Waals surface area contributed by atoms with Crippen LogP contribution < -0.4 is 5.73 Å². The number of nitrogens with zero attached hydrogens (tertiary/aromatic N) is 2. The van der Waals surface area contributed by atoms with Crippen LogP contribution in [-0.2, 0) is 6.18 Å². The number of halogens is 4. The van der Waals surface area contributed by atoms with Crippen molar-refractivity contribution in [2.45, 2.75) is 6.18 Å². The number of aromatic nitrogens is 3. The number of pyridine rings is 1. The van der Waals surface area contributed by atoms with Crippen molar-refractivity contribution < 1.29 is 17.6 Å². The Kier molecular flexibility index (Phi) is 3.83. The van der Waals surface area contributed by atoms with Crippen LogP contribution in [0.2, 0.25) is 0 Å². The van der Waals surface area contributed by atoms with Gasteiger partial charge in [0.15, 0.2) is 5.65 Å². The molecule has 136 valence electrons.